The third-order valence-corrected chi connectivity index (χ3v) is 3.43. The summed E-state index contributed by atoms with van der Waals surface area (Å²) in [5, 5.41) is 15.5. The molecule has 2 aromatic heterocycles. The van der Waals surface area contributed by atoms with E-state index in [2.05, 4.69) is 10.2 Å². The van der Waals surface area contributed by atoms with Crippen molar-refractivity contribution in [1.29, 1.82) is 0 Å². The number of hydrogen-bond acceptors (Lipinski definition) is 5. The van der Waals surface area contributed by atoms with Crippen molar-refractivity contribution < 1.29 is 14.3 Å². The van der Waals surface area contributed by atoms with Crippen molar-refractivity contribution in [2.75, 3.05) is 0 Å². The summed E-state index contributed by atoms with van der Waals surface area (Å²) in [6, 6.07) is 1.48. The molecule has 2 N–H and O–H groups in total. The second-order valence-electron chi connectivity index (χ2n) is 3.65. The average molecular weight is 269 g/mol. The molecular weight excluding hydrogens is 258 g/mol. The lowest BCUT2D eigenvalue weighted by atomic mass is 10.2. The maximum Gasteiger partial charge on any atom is 0.343 e. The molecule has 0 unspecified atom stereocenters. The van der Waals surface area contributed by atoms with Gasteiger partial charge in [-0.25, -0.2) is 14.7 Å². The first-order chi connectivity index (χ1) is 8.49. The maximum atomic E-state index is 11.1. The zero-order valence-electron chi connectivity index (χ0n) is 9.76. The van der Waals surface area contributed by atoms with E-state index in [4.69, 9.17) is 9.52 Å². The van der Waals surface area contributed by atoms with E-state index in [0.29, 0.717) is 22.4 Å². The van der Waals surface area contributed by atoms with Crippen LogP contribution in [0.4, 0.5) is 0 Å². The van der Waals surface area contributed by atoms with E-state index in [1.165, 1.54) is 22.4 Å². The highest BCUT2D eigenvalue weighted by Crippen LogP contribution is 2.23. The number of aromatic amines is 1. The number of nitrogens with one attached hydrogen (secondary N) is 1. The van der Waals surface area contributed by atoms with Gasteiger partial charge >= 0.3 is 11.7 Å². The number of hydrogen-bond donors (Lipinski definition) is 2. The molecule has 0 aliphatic carbocycles. The molecule has 0 fully saturated rings. The third-order valence-electron chi connectivity index (χ3n) is 2.38. The van der Waals surface area contributed by atoms with Crippen LogP contribution in [0.1, 0.15) is 21.9 Å². The fraction of sp³-hybridized carbons (Fsp3) is 0.300. The van der Waals surface area contributed by atoms with Gasteiger partial charge in [-0.05, 0) is 13.0 Å². The molecular formula is C10H11N3O4S. The number of aryl methyl sites for hydroxylation is 1. The molecule has 0 amide bonds. The Morgan fingerprint density at radius 1 is 1.67 bits per heavy atom. The summed E-state index contributed by atoms with van der Waals surface area (Å²) in [5.74, 6) is 0.297. The molecule has 96 valence electrons. The molecule has 8 heteroatoms. The molecule has 2 heterocycles. The molecule has 0 radical (unpaired) electrons. The molecule has 0 saturated heterocycles. The Labute approximate surface area is 106 Å². The second-order valence-corrected chi connectivity index (χ2v) is 4.59. The van der Waals surface area contributed by atoms with Crippen LogP contribution in [0.15, 0.2) is 20.4 Å². The lowest BCUT2D eigenvalue weighted by Crippen LogP contribution is -2.12. The summed E-state index contributed by atoms with van der Waals surface area (Å²) < 4.78 is 6.69. The molecule has 18 heavy (non-hydrogen) atoms. The summed E-state index contributed by atoms with van der Waals surface area (Å²) in [7, 11) is 1.60. The Hall–Kier alpha value is -1.96. The van der Waals surface area contributed by atoms with Gasteiger partial charge in [-0.15, -0.1) is 5.10 Å². The van der Waals surface area contributed by atoms with E-state index >= 15 is 0 Å². The molecule has 0 bridgehead atoms. The SMILES string of the molecule is Cc1oc(CSc2n[nH]c(=O)n2C)cc1C(=O)O. The van der Waals surface area contributed by atoms with Gasteiger partial charge in [-0.2, -0.15) is 0 Å². The first-order valence-corrected chi connectivity index (χ1v) is 6.04. The van der Waals surface area contributed by atoms with E-state index in [-0.39, 0.29) is 11.3 Å². The Morgan fingerprint density at radius 2 is 2.39 bits per heavy atom. The van der Waals surface area contributed by atoms with Crippen LogP contribution in [-0.2, 0) is 12.8 Å². The van der Waals surface area contributed by atoms with Crippen LogP contribution in [0.2, 0.25) is 0 Å². The van der Waals surface area contributed by atoms with Crippen LogP contribution in [0, 0.1) is 6.92 Å². The molecule has 0 aliphatic rings. The highest BCUT2D eigenvalue weighted by Gasteiger charge is 2.14. The largest absolute Gasteiger partial charge is 0.478 e. The third kappa shape index (κ3) is 2.33. The number of carboxylic acid groups (broad SMARTS) is 1. The average Bonchev–Trinajstić information content (AvgIpc) is 2.82. The minimum Gasteiger partial charge on any atom is -0.478 e. The number of H-pyrrole nitrogens is 1. The van der Waals surface area contributed by atoms with Gasteiger partial charge in [0.25, 0.3) is 0 Å². The van der Waals surface area contributed by atoms with Gasteiger partial charge in [0.05, 0.1) is 5.75 Å². The minimum absolute atomic E-state index is 0.154. The monoisotopic (exact) mass is 269 g/mol. The predicted molar refractivity (Wildman–Crippen MR) is 63.8 cm³/mol. The summed E-state index contributed by atoms with van der Waals surface area (Å²) in [6.07, 6.45) is 0. The maximum absolute atomic E-state index is 11.1. The van der Waals surface area contributed by atoms with E-state index in [1.54, 1.807) is 14.0 Å². The van der Waals surface area contributed by atoms with Gasteiger partial charge < -0.3 is 9.52 Å². The Kier molecular flexibility index (Phi) is 3.28. The van der Waals surface area contributed by atoms with Crippen LogP contribution < -0.4 is 5.69 Å². The number of aromatic nitrogens is 3. The van der Waals surface area contributed by atoms with E-state index in [0.717, 1.165) is 0 Å². The van der Waals surface area contributed by atoms with Crippen LogP contribution in [0.5, 0.6) is 0 Å². The lowest BCUT2D eigenvalue weighted by molar-refractivity contribution is 0.0695. The second kappa shape index (κ2) is 4.73. The first-order valence-electron chi connectivity index (χ1n) is 5.06. The number of nitrogens with zero attached hydrogens (tertiary/aromatic N) is 2. The summed E-state index contributed by atoms with van der Waals surface area (Å²) in [4.78, 5) is 22.0. The summed E-state index contributed by atoms with van der Waals surface area (Å²) in [5.41, 5.74) is -0.138. The van der Waals surface area contributed by atoms with Crippen molar-refractivity contribution in [2.45, 2.75) is 17.8 Å². The normalized spacial score (nSPS) is 10.8. The highest BCUT2D eigenvalue weighted by atomic mass is 32.2. The van der Waals surface area contributed by atoms with Crippen LogP contribution in [0.25, 0.3) is 0 Å². The van der Waals surface area contributed by atoms with Crippen molar-refractivity contribution in [3.63, 3.8) is 0 Å². The first kappa shape index (κ1) is 12.5. The Bertz CT molecular complexity index is 640. The number of furan rings is 1. The number of thioether (sulfide) groups is 1. The molecule has 0 aromatic carbocycles. The van der Waals surface area contributed by atoms with Crippen molar-refractivity contribution in [3.8, 4) is 0 Å². The number of aromatic carboxylic acids is 1. The highest BCUT2D eigenvalue weighted by molar-refractivity contribution is 7.98. The van der Waals surface area contributed by atoms with Gasteiger partial charge in [0.1, 0.15) is 17.1 Å². The Morgan fingerprint density at radius 3 is 2.89 bits per heavy atom. The van der Waals surface area contributed by atoms with Crippen molar-refractivity contribution in [3.05, 3.63) is 33.6 Å². The van der Waals surface area contributed by atoms with Crippen LogP contribution in [-0.4, -0.2) is 25.8 Å². The minimum atomic E-state index is -1.01. The van der Waals surface area contributed by atoms with Crippen molar-refractivity contribution in [1.82, 2.24) is 14.8 Å². The number of carboxylic acids is 1. The fourth-order valence-electron chi connectivity index (χ4n) is 1.42. The molecule has 2 aromatic rings. The molecule has 0 spiro atoms. The van der Waals surface area contributed by atoms with Crippen molar-refractivity contribution >= 4 is 17.7 Å². The summed E-state index contributed by atoms with van der Waals surface area (Å²) in [6.45, 7) is 1.60. The van der Waals surface area contributed by atoms with Crippen molar-refractivity contribution in [2.24, 2.45) is 7.05 Å². The molecule has 2 rings (SSSR count). The lowest BCUT2D eigenvalue weighted by Gasteiger charge is -1.96. The van der Waals surface area contributed by atoms with E-state index in [1.807, 2.05) is 0 Å². The number of carbonyl (C=O) groups is 1. The van der Waals surface area contributed by atoms with E-state index < -0.39 is 5.97 Å². The standard InChI is InChI=1S/C10H11N3O4S/c1-5-7(8(14)15)3-6(17-5)4-18-10-12-11-9(16)13(10)2/h3H,4H2,1-2H3,(H,11,16)(H,14,15). The molecule has 0 saturated carbocycles. The van der Waals surface area contributed by atoms with Crippen LogP contribution >= 0.6 is 11.8 Å². The van der Waals surface area contributed by atoms with E-state index in [9.17, 15) is 9.59 Å². The number of rotatable bonds is 4. The van der Waals surface area contributed by atoms with Gasteiger partial charge in [0, 0.05) is 7.05 Å². The molecule has 7 nitrogen and oxygen atoms in total. The van der Waals surface area contributed by atoms with Crippen LogP contribution in [0.3, 0.4) is 0 Å². The zero-order chi connectivity index (χ0) is 13.3. The van der Waals surface area contributed by atoms with Gasteiger partial charge in [0.15, 0.2) is 5.16 Å². The quantitative estimate of drug-likeness (QED) is 0.803. The molecule has 0 atom stereocenters. The van der Waals surface area contributed by atoms with Gasteiger partial charge in [0.2, 0.25) is 0 Å². The zero-order valence-corrected chi connectivity index (χ0v) is 10.6. The Balaban J connectivity index is 2.11. The smallest absolute Gasteiger partial charge is 0.343 e. The molecule has 0 aliphatic heterocycles. The summed E-state index contributed by atoms with van der Waals surface area (Å²) >= 11 is 1.29. The predicted octanol–water partition coefficient (Wildman–Crippen LogP) is 1.00. The fourth-order valence-corrected chi connectivity index (χ4v) is 2.22. The van der Waals surface area contributed by atoms with Gasteiger partial charge in [-0.1, -0.05) is 11.8 Å². The topological polar surface area (TPSA) is 101 Å². The van der Waals surface area contributed by atoms with Gasteiger partial charge in [-0.3, -0.25) is 4.57 Å².